The Bertz CT molecular complexity index is 961. The number of anilines is 2. The molecule has 1 amide bonds. The molecular weight excluding hydrogens is 382 g/mol. The fourth-order valence-electron chi connectivity index (χ4n) is 2.67. The van der Waals surface area contributed by atoms with Crippen molar-refractivity contribution in [3.05, 3.63) is 52.1 Å². The van der Waals surface area contributed by atoms with Crippen LogP contribution in [0.2, 0.25) is 0 Å². The van der Waals surface area contributed by atoms with Crippen molar-refractivity contribution in [2.24, 2.45) is 0 Å². The number of nitrogens with one attached hydrogen (secondary N) is 2. The van der Waals surface area contributed by atoms with Crippen molar-refractivity contribution >= 4 is 28.9 Å². The number of fused-ring (bicyclic) bond motifs is 1. The first-order valence-corrected chi connectivity index (χ1v) is 8.76. The Hall–Kier alpha value is -3.82. The lowest BCUT2D eigenvalue weighted by Gasteiger charge is -2.19. The first kappa shape index (κ1) is 19.9. The van der Waals surface area contributed by atoms with E-state index in [4.69, 9.17) is 14.2 Å². The van der Waals surface area contributed by atoms with Crippen LogP contribution in [0.3, 0.4) is 0 Å². The first-order valence-electron chi connectivity index (χ1n) is 8.76. The largest absolute Gasteiger partial charge is 0.486 e. The Labute approximate surface area is 165 Å². The average Bonchev–Trinajstić information content (AvgIpc) is 2.72. The van der Waals surface area contributed by atoms with Gasteiger partial charge in [0, 0.05) is 24.9 Å². The van der Waals surface area contributed by atoms with Crippen LogP contribution in [0.25, 0.3) is 0 Å². The minimum absolute atomic E-state index is 0.0327. The zero-order chi connectivity index (χ0) is 21.0. The summed E-state index contributed by atoms with van der Waals surface area (Å²) in [6.07, 6.45) is -1.13. The molecule has 2 N–H and O–H groups in total. The number of nitro benzene ring substituents is 1. The minimum Gasteiger partial charge on any atom is -0.486 e. The number of hydrogen-bond acceptors (Lipinski definition) is 8. The van der Waals surface area contributed by atoms with Crippen LogP contribution >= 0.6 is 0 Å². The molecule has 2 aromatic rings. The summed E-state index contributed by atoms with van der Waals surface area (Å²) in [7, 11) is 1.53. The van der Waals surface area contributed by atoms with Gasteiger partial charge in [0.2, 0.25) is 0 Å². The third-order valence-electron chi connectivity index (χ3n) is 4.16. The van der Waals surface area contributed by atoms with Crippen LogP contribution in [0.15, 0.2) is 36.4 Å². The number of nitro groups is 1. The zero-order valence-corrected chi connectivity index (χ0v) is 15.8. The summed E-state index contributed by atoms with van der Waals surface area (Å²) in [6.45, 7) is 2.28. The number of amides is 1. The molecule has 0 fully saturated rings. The summed E-state index contributed by atoms with van der Waals surface area (Å²) in [6, 6.07) is 8.80. The molecule has 1 aliphatic heterocycles. The van der Waals surface area contributed by atoms with Crippen molar-refractivity contribution in [2.75, 3.05) is 30.9 Å². The second-order valence-electron chi connectivity index (χ2n) is 6.13. The maximum atomic E-state index is 12.3. The molecule has 0 bridgehead atoms. The number of ether oxygens (including phenoxy) is 3. The summed E-state index contributed by atoms with van der Waals surface area (Å²) in [5.74, 6) is -0.312. The molecule has 10 heteroatoms. The van der Waals surface area contributed by atoms with E-state index >= 15 is 0 Å². The van der Waals surface area contributed by atoms with Crippen molar-refractivity contribution in [2.45, 2.75) is 13.0 Å². The number of carbonyl (C=O) groups excluding carboxylic acids is 2. The predicted octanol–water partition coefficient (Wildman–Crippen LogP) is 2.59. The molecule has 1 aliphatic rings. The van der Waals surface area contributed by atoms with Crippen LogP contribution in [0.5, 0.6) is 11.5 Å². The molecule has 0 saturated heterocycles. The molecule has 0 spiro atoms. The molecule has 29 heavy (non-hydrogen) atoms. The van der Waals surface area contributed by atoms with E-state index < -0.39 is 22.9 Å². The predicted molar refractivity (Wildman–Crippen MR) is 104 cm³/mol. The highest BCUT2D eigenvalue weighted by Crippen LogP contribution is 2.32. The van der Waals surface area contributed by atoms with Crippen LogP contribution in [-0.2, 0) is 9.53 Å². The van der Waals surface area contributed by atoms with Crippen molar-refractivity contribution < 1.29 is 28.7 Å². The van der Waals surface area contributed by atoms with Gasteiger partial charge in [-0.1, -0.05) is 0 Å². The second kappa shape index (κ2) is 8.46. The Kier molecular flexibility index (Phi) is 5.82. The Morgan fingerprint density at radius 3 is 2.55 bits per heavy atom. The highest BCUT2D eigenvalue weighted by atomic mass is 16.6. The van der Waals surface area contributed by atoms with Crippen LogP contribution in [0.1, 0.15) is 17.3 Å². The third kappa shape index (κ3) is 4.54. The third-order valence-corrected chi connectivity index (χ3v) is 4.16. The van der Waals surface area contributed by atoms with E-state index in [0.717, 1.165) is 6.07 Å². The van der Waals surface area contributed by atoms with E-state index in [1.54, 1.807) is 18.2 Å². The first-order chi connectivity index (χ1) is 13.9. The van der Waals surface area contributed by atoms with Crippen molar-refractivity contribution in [3.63, 3.8) is 0 Å². The van der Waals surface area contributed by atoms with Gasteiger partial charge in [-0.05, 0) is 31.2 Å². The minimum atomic E-state index is -1.13. The lowest BCUT2D eigenvalue weighted by atomic mass is 10.1. The highest BCUT2D eigenvalue weighted by Gasteiger charge is 2.23. The van der Waals surface area contributed by atoms with E-state index in [2.05, 4.69) is 10.6 Å². The van der Waals surface area contributed by atoms with Crippen LogP contribution in [-0.4, -0.2) is 43.2 Å². The molecule has 0 aliphatic carbocycles. The van der Waals surface area contributed by atoms with Gasteiger partial charge in [-0.15, -0.1) is 0 Å². The van der Waals surface area contributed by atoms with E-state index in [-0.39, 0.29) is 16.9 Å². The number of rotatable bonds is 6. The van der Waals surface area contributed by atoms with Gasteiger partial charge in [0.25, 0.3) is 11.6 Å². The van der Waals surface area contributed by atoms with Gasteiger partial charge >= 0.3 is 5.97 Å². The van der Waals surface area contributed by atoms with Crippen molar-refractivity contribution in [1.29, 1.82) is 0 Å². The van der Waals surface area contributed by atoms with Crippen molar-refractivity contribution in [1.82, 2.24) is 0 Å². The smallest absolute Gasteiger partial charge is 0.339 e. The van der Waals surface area contributed by atoms with Gasteiger partial charge in [0.1, 0.15) is 18.9 Å². The van der Waals surface area contributed by atoms with E-state index in [1.165, 1.54) is 26.1 Å². The van der Waals surface area contributed by atoms with Gasteiger partial charge in [0.05, 0.1) is 10.5 Å². The quantitative estimate of drug-likeness (QED) is 0.429. The van der Waals surface area contributed by atoms with Gasteiger partial charge < -0.3 is 24.8 Å². The zero-order valence-electron chi connectivity index (χ0n) is 15.8. The highest BCUT2D eigenvalue weighted by molar-refractivity contribution is 5.98. The molecule has 1 heterocycles. The molecular formula is C19H19N3O7. The van der Waals surface area contributed by atoms with Gasteiger partial charge in [-0.25, -0.2) is 4.79 Å². The molecule has 0 aromatic heterocycles. The van der Waals surface area contributed by atoms with Gasteiger partial charge in [0.15, 0.2) is 17.6 Å². The average molecular weight is 401 g/mol. The van der Waals surface area contributed by atoms with Crippen LogP contribution in [0.4, 0.5) is 17.1 Å². The van der Waals surface area contributed by atoms with Crippen LogP contribution < -0.4 is 20.1 Å². The van der Waals surface area contributed by atoms with Crippen LogP contribution in [0, 0.1) is 10.1 Å². The number of hydrogen-bond donors (Lipinski definition) is 2. The molecule has 152 valence electrons. The topological polar surface area (TPSA) is 129 Å². The normalized spacial score (nSPS) is 13.2. The maximum absolute atomic E-state index is 12.3. The monoisotopic (exact) mass is 401 g/mol. The second-order valence-corrected chi connectivity index (χ2v) is 6.13. The SMILES string of the molecule is CNc1ccc(C(=O)O[C@H](C)C(=O)Nc2ccc3c(c2)OCCO3)cc1[N+](=O)[O-]. The lowest BCUT2D eigenvalue weighted by molar-refractivity contribution is -0.384. The number of nitrogens with zero attached hydrogens (tertiary/aromatic N) is 1. The van der Waals surface area contributed by atoms with Crippen molar-refractivity contribution in [3.8, 4) is 11.5 Å². The summed E-state index contributed by atoms with van der Waals surface area (Å²) in [5.41, 5.74) is 0.414. The fourth-order valence-corrected chi connectivity index (χ4v) is 2.67. The molecule has 3 rings (SSSR count). The molecule has 0 saturated carbocycles. The van der Waals surface area contributed by atoms with E-state index in [1.807, 2.05) is 0 Å². The van der Waals surface area contributed by atoms with Gasteiger partial charge in [-0.3, -0.25) is 14.9 Å². The molecule has 10 nitrogen and oxygen atoms in total. The molecule has 2 aromatic carbocycles. The molecule has 0 radical (unpaired) electrons. The Balaban J connectivity index is 1.65. The summed E-state index contributed by atoms with van der Waals surface area (Å²) >= 11 is 0. The Morgan fingerprint density at radius 2 is 1.86 bits per heavy atom. The summed E-state index contributed by atoms with van der Waals surface area (Å²) in [4.78, 5) is 35.2. The number of esters is 1. The Morgan fingerprint density at radius 1 is 1.14 bits per heavy atom. The molecule has 1 atom stereocenters. The number of benzene rings is 2. The van der Waals surface area contributed by atoms with Gasteiger partial charge in [-0.2, -0.15) is 0 Å². The van der Waals surface area contributed by atoms with E-state index in [0.29, 0.717) is 30.4 Å². The molecule has 0 unspecified atom stereocenters. The lowest BCUT2D eigenvalue weighted by Crippen LogP contribution is -2.30. The summed E-state index contributed by atoms with van der Waals surface area (Å²) < 4.78 is 16.0. The summed E-state index contributed by atoms with van der Waals surface area (Å²) in [5, 5.41) is 16.4. The fraction of sp³-hybridized carbons (Fsp3) is 0.263. The maximum Gasteiger partial charge on any atom is 0.339 e. The van der Waals surface area contributed by atoms with E-state index in [9.17, 15) is 19.7 Å². The standard InChI is InChI=1S/C19H19N3O7/c1-11(18(23)21-13-4-6-16-17(10-13)28-8-7-27-16)29-19(24)12-3-5-14(20-2)15(9-12)22(25)26/h3-6,9-11,20H,7-8H2,1-2H3,(H,21,23)/t11-/m1/s1. The number of carbonyl (C=O) groups is 2.